The van der Waals surface area contributed by atoms with Crippen molar-refractivity contribution in [3.63, 3.8) is 0 Å². The fourth-order valence-electron chi connectivity index (χ4n) is 4.05. The number of H-pyrrole nitrogens is 1. The number of fused-ring (bicyclic) bond motifs is 3. The molecule has 1 atom stereocenters. The molecule has 3 aromatic heterocycles. The minimum absolute atomic E-state index is 0.309. The van der Waals surface area contributed by atoms with Gasteiger partial charge in [-0.25, -0.2) is 14.4 Å². The standard InChI is InChI=1S/C19H18FN7O/c1-10-15(8-22-19(24-10)26-6-2-3-14(26)18(21)28)27-13-5-4-11(20)7-12(13)17-16(27)9-23-25-17/h4-5,7-9,14H,2-3,6H2,1H3,(H2,21,28)(H,23,25)/t14-/m0/s1. The van der Waals surface area contributed by atoms with Crippen molar-refractivity contribution in [1.82, 2.24) is 24.7 Å². The van der Waals surface area contributed by atoms with Crippen LogP contribution < -0.4 is 10.6 Å². The lowest BCUT2D eigenvalue weighted by atomic mass is 10.2. The quantitative estimate of drug-likeness (QED) is 0.568. The summed E-state index contributed by atoms with van der Waals surface area (Å²) in [5.74, 6) is -0.175. The molecule has 1 amide bonds. The molecular weight excluding hydrogens is 361 g/mol. The van der Waals surface area contributed by atoms with E-state index >= 15 is 0 Å². The van der Waals surface area contributed by atoms with Crippen LogP contribution in [0.3, 0.4) is 0 Å². The molecule has 3 N–H and O–H groups in total. The zero-order valence-corrected chi connectivity index (χ0v) is 15.2. The van der Waals surface area contributed by atoms with E-state index in [0.717, 1.165) is 39.7 Å². The number of halogens is 1. The Hall–Kier alpha value is -3.49. The fourth-order valence-corrected chi connectivity index (χ4v) is 4.05. The molecule has 1 aliphatic heterocycles. The fraction of sp³-hybridized carbons (Fsp3) is 0.263. The van der Waals surface area contributed by atoms with Crippen LogP contribution in [0.5, 0.6) is 0 Å². The Labute approximate surface area is 159 Å². The van der Waals surface area contributed by atoms with Gasteiger partial charge in [0.05, 0.1) is 40.3 Å². The van der Waals surface area contributed by atoms with Crippen molar-refractivity contribution in [1.29, 1.82) is 0 Å². The maximum Gasteiger partial charge on any atom is 0.240 e. The van der Waals surface area contributed by atoms with Crippen molar-refractivity contribution in [2.24, 2.45) is 5.73 Å². The normalized spacial score (nSPS) is 17.1. The van der Waals surface area contributed by atoms with Gasteiger partial charge in [-0.1, -0.05) is 0 Å². The number of anilines is 1. The Morgan fingerprint density at radius 3 is 2.96 bits per heavy atom. The predicted molar refractivity (Wildman–Crippen MR) is 103 cm³/mol. The summed E-state index contributed by atoms with van der Waals surface area (Å²) in [5, 5.41) is 7.77. The molecule has 0 unspecified atom stereocenters. The molecule has 1 aromatic carbocycles. The predicted octanol–water partition coefficient (Wildman–Crippen LogP) is 2.20. The molecule has 0 radical (unpaired) electrons. The first kappa shape index (κ1) is 16.7. The van der Waals surface area contributed by atoms with Crippen LogP contribution in [0.2, 0.25) is 0 Å². The molecule has 8 nitrogen and oxygen atoms in total. The molecule has 28 heavy (non-hydrogen) atoms. The van der Waals surface area contributed by atoms with Crippen LogP contribution in [0, 0.1) is 12.7 Å². The van der Waals surface area contributed by atoms with Gasteiger partial charge in [-0.15, -0.1) is 0 Å². The maximum atomic E-state index is 13.8. The number of rotatable bonds is 3. The number of nitrogens with zero attached hydrogens (tertiary/aromatic N) is 5. The van der Waals surface area contributed by atoms with Crippen LogP contribution in [-0.2, 0) is 4.79 Å². The van der Waals surface area contributed by atoms with Gasteiger partial charge in [0.1, 0.15) is 11.9 Å². The number of nitrogens with one attached hydrogen (secondary N) is 1. The molecule has 5 rings (SSSR count). The van der Waals surface area contributed by atoms with Gasteiger partial charge in [0.2, 0.25) is 11.9 Å². The number of aryl methyl sites for hydroxylation is 1. The average molecular weight is 379 g/mol. The Kier molecular flexibility index (Phi) is 3.58. The molecule has 1 saturated heterocycles. The molecule has 1 aliphatic rings. The second kappa shape index (κ2) is 6.01. The minimum Gasteiger partial charge on any atom is -0.368 e. The van der Waals surface area contributed by atoms with E-state index in [2.05, 4.69) is 20.2 Å². The molecule has 0 saturated carbocycles. The largest absolute Gasteiger partial charge is 0.368 e. The van der Waals surface area contributed by atoms with E-state index in [-0.39, 0.29) is 17.8 Å². The summed E-state index contributed by atoms with van der Waals surface area (Å²) >= 11 is 0. The number of hydrogen-bond acceptors (Lipinski definition) is 5. The van der Waals surface area contributed by atoms with Gasteiger partial charge in [0.25, 0.3) is 0 Å². The smallest absolute Gasteiger partial charge is 0.240 e. The number of amides is 1. The monoisotopic (exact) mass is 379 g/mol. The number of hydrogen-bond donors (Lipinski definition) is 2. The summed E-state index contributed by atoms with van der Waals surface area (Å²) in [6, 6.07) is 4.27. The Balaban J connectivity index is 1.66. The number of benzene rings is 1. The topological polar surface area (TPSA) is 106 Å². The van der Waals surface area contributed by atoms with Gasteiger partial charge in [0, 0.05) is 11.9 Å². The highest BCUT2D eigenvalue weighted by molar-refractivity contribution is 6.06. The van der Waals surface area contributed by atoms with Crippen LogP contribution >= 0.6 is 0 Å². The van der Waals surface area contributed by atoms with Crippen molar-refractivity contribution < 1.29 is 9.18 Å². The van der Waals surface area contributed by atoms with E-state index in [4.69, 9.17) is 5.73 Å². The van der Waals surface area contributed by atoms with Crippen molar-refractivity contribution >= 4 is 33.8 Å². The second-order valence-corrected chi connectivity index (χ2v) is 7.02. The van der Waals surface area contributed by atoms with Gasteiger partial charge < -0.3 is 15.2 Å². The summed E-state index contributed by atoms with van der Waals surface area (Å²) in [6.45, 7) is 2.58. The SMILES string of the molecule is Cc1nc(N2CCC[C@H]2C(N)=O)ncc1-n1c2ccc(F)cc2c2[nH]ncc21. The van der Waals surface area contributed by atoms with Crippen LogP contribution in [0.4, 0.5) is 10.3 Å². The van der Waals surface area contributed by atoms with Gasteiger partial charge in [-0.05, 0) is 38.0 Å². The lowest BCUT2D eigenvalue weighted by Crippen LogP contribution is -2.41. The highest BCUT2D eigenvalue weighted by Gasteiger charge is 2.31. The first-order valence-corrected chi connectivity index (χ1v) is 9.07. The van der Waals surface area contributed by atoms with Gasteiger partial charge >= 0.3 is 0 Å². The number of primary amides is 1. The van der Waals surface area contributed by atoms with E-state index in [1.54, 1.807) is 18.5 Å². The van der Waals surface area contributed by atoms with Crippen LogP contribution in [0.25, 0.3) is 27.6 Å². The van der Waals surface area contributed by atoms with Crippen molar-refractivity contribution in [3.8, 4) is 5.69 Å². The average Bonchev–Trinajstić information content (AvgIpc) is 3.38. The zero-order chi connectivity index (χ0) is 19.4. The molecule has 4 aromatic rings. The first-order valence-electron chi connectivity index (χ1n) is 9.07. The molecule has 9 heteroatoms. The van der Waals surface area contributed by atoms with E-state index in [0.29, 0.717) is 18.9 Å². The van der Waals surface area contributed by atoms with Gasteiger partial charge in [-0.2, -0.15) is 5.10 Å². The third-order valence-corrected chi connectivity index (χ3v) is 5.35. The van der Waals surface area contributed by atoms with Gasteiger partial charge in [0.15, 0.2) is 0 Å². The second-order valence-electron chi connectivity index (χ2n) is 7.02. The number of carbonyl (C=O) groups excluding carboxylic acids is 1. The van der Waals surface area contributed by atoms with E-state index in [1.807, 2.05) is 16.4 Å². The number of aromatic nitrogens is 5. The minimum atomic E-state index is -0.374. The summed E-state index contributed by atoms with van der Waals surface area (Å²) in [5.41, 5.74) is 9.43. The number of aromatic amines is 1. The van der Waals surface area contributed by atoms with Crippen LogP contribution in [0.1, 0.15) is 18.5 Å². The molecule has 0 aliphatic carbocycles. The Morgan fingerprint density at radius 1 is 1.32 bits per heavy atom. The number of carbonyl (C=O) groups is 1. The molecular formula is C19H18FN7O. The maximum absolute atomic E-state index is 13.8. The molecule has 142 valence electrons. The molecule has 0 bridgehead atoms. The van der Waals surface area contributed by atoms with Crippen molar-refractivity contribution in [2.45, 2.75) is 25.8 Å². The molecule has 4 heterocycles. The Bertz CT molecular complexity index is 1230. The summed E-state index contributed by atoms with van der Waals surface area (Å²) in [4.78, 5) is 22.7. The van der Waals surface area contributed by atoms with Crippen molar-refractivity contribution in [2.75, 3.05) is 11.4 Å². The third kappa shape index (κ3) is 2.35. The van der Waals surface area contributed by atoms with E-state index < -0.39 is 0 Å². The molecule has 0 spiro atoms. The van der Waals surface area contributed by atoms with E-state index in [9.17, 15) is 9.18 Å². The Morgan fingerprint density at radius 2 is 2.18 bits per heavy atom. The lowest BCUT2D eigenvalue weighted by Gasteiger charge is -2.22. The van der Waals surface area contributed by atoms with Gasteiger partial charge in [-0.3, -0.25) is 9.89 Å². The molecule has 1 fully saturated rings. The van der Waals surface area contributed by atoms with Crippen LogP contribution in [0.15, 0.2) is 30.6 Å². The summed E-state index contributed by atoms with van der Waals surface area (Å²) in [7, 11) is 0. The third-order valence-electron chi connectivity index (χ3n) is 5.35. The number of nitrogens with two attached hydrogens (primary N) is 1. The van der Waals surface area contributed by atoms with Crippen molar-refractivity contribution in [3.05, 3.63) is 42.1 Å². The summed E-state index contributed by atoms with van der Waals surface area (Å²) < 4.78 is 15.7. The highest BCUT2D eigenvalue weighted by Crippen LogP contribution is 2.32. The highest BCUT2D eigenvalue weighted by atomic mass is 19.1. The zero-order valence-electron chi connectivity index (χ0n) is 15.2. The first-order chi connectivity index (χ1) is 13.5. The van der Waals surface area contributed by atoms with E-state index in [1.165, 1.54) is 12.1 Å². The lowest BCUT2D eigenvalue weighted by molar-refractivity contribution is -0.119. The summed E-state index contributed by atoms with van der Waals surface area (Å²) in [6.07, 6.45) is 5.01. The van der Waals surface area contributed by atoms with Crippen LogP contribution in [-0.4, -0.2) is 43.2 Å².